The molecule has 0 atom stereocenters. The molecule has 3 rings (SSSR count). The summed E-state index contributed by atoms with van der Waals surface area (Å²) in [5.74, 6) is -0.0964. The van der Waals surface area contributed by atoms with Gasteiger partial charge in [-0.05, 0) is 54.7 Å². The second-order valence-corrected chi connectivity index (χ2v) is 10.3. The minimum absolute atomic E-state index is 0.0183. The fourth-order valence-electron chi connectivity index (χ4n) is 3.30. The highest BCUT2D eigenvalue weighted by atomic mass is 32.2. The molecule has 0 N–H and O–H groups in total. The van der Waals surface area contributed by atoms with E-state index in [0.717, 1.165) is 9.87 Å². The number of aryl methyl sites for hydroxylation is 1. The van der Waals surface area contributed by atoms with Crippen LogP contribution in [0.1, 0.15) is 49.2 Å². The smallest absolute Gasteiger partial charge is 0.338 e. The number of aromatic nitrogens is 1. The quantitative estimate of drug-likeness (QED) is 0.488. The Labute approximate surface area is 189 Å². The molecular weight excluding hydrogens is 428 g/mol. The van der Waals surface area contributed by atoms with Crippen LogP contribution in [0.2, 0.25) is 0 Å². The third-order valence-electron chi connectivity index (χ3n) is 5.24. The maximum atomic E-state index is 13.3. The van der Waals surface area contributed by atoms with E-state index in [-0.39, 0.29) is 28.2 Å². The molecule has 0 saturated heterocycles. The number of oxazole rings is 1. The Morgan fingerprint density at radius 1 is 1.12 bits per heavy atom. The highest BCUT2D eigenvalue weighted by Crippen LogP contribution is 2.29. The monoisotopic (exact) mass is 456 g/mol. The van der Waals surface area contributed by atoms with Crippen molar-refractivity contribution in [2.45, 2.75) is 44.9 Å². The fraction of sp³-hybridized carbons (Fsp3) is 0.333. The van der Waals surface area contributed by atoms with Crippen molar-refractivity contribution in [2.24, 2.45) is 0 Å². The van der Waals surface area contributed by atoms with E-state index in [1.165, 1.54) is 31.1 Å². The van der Waals surface area contributed by atoms with Crippen LogP contribution in [0.5, 0.6) is 0 Å². The second kappa shape index (κ2) is 8.78. The zero-order valence-corrected chi connectivity index (χ0v) is 20.0. The zero-order valence-electron chi connectivity index (χ0n) is 19.2. The topological polar surface area (TPSA) is 89.7 Å². The average molecular weight is 457 g/mol. The van der Waals surface area contributed by atoms with E-state index >= 15 is 0 Å². The van der Waals surface area contributed by atoms with E-state index in [2.05, 4.69) is 25.8 Å². The number of anilines is 1. The number of nitrogens with zero attached hydrogens (tertiary/aromatic N) is 2. The summed E-state index contributed by atoms with van der Waals surface area (Å²) in [4.78, 5) is 16.4. The van der Waals surface area contributed by atoms with Gasteiger partial charge in [0.2, 0.25) is 5.89 Å². The van der Waals surface area contributed by atoms with Crippen LogP contribution in [0.3, 0.4) is 0 Å². The molecule has 0 bridgehead atoms. The molecule has 0 spiro atoms. The molecule has 1 heterocycles. The largest absolute Gasteiger partial charge is 0.465 e. The summed E-state index contributed by atoms with van der Waals surface area (Å²) in [6.45, 7) is 9.96. The lowest BCUT2D eigenvalue weighted by Crippen LogP contribution is -2.31. The van der Waals surface area contributed by atoms with Crippen LogP contribution < -0.4 is 4.31 Å². The summed E-state index contributed by atoms with van der Waals surface area (Å²) in [6, 6.07) is 12.2. The molecule has 0 saturated carbocycles. The van der Waals surface area contributed by atoms with Crippen LogP contribution in [0, 0.1) is 6.92 Å². The van der Waals surface area contributed by atoms with Crippen LogP contribution in [-0.2, 0) is 20.2 Å². The van der Waals surface area contributed by atoms with Crippen LogP contribution in [0.15, 0.2) is 58.0 Å². The number of hydrogen-bond donors (Lipinski definition) is 0. The van der Waals surface area contributed by atoms with Gasteiger partial charge in [0.05, 0.1) is 17.6 Å². The van der Waals surface area contributed by atoms with E-state index in [9.17, 15) is 13.2 Å². The molecule has 7 nitrogen and oxygen atoms in total. The predicted molar refractivity (Wildman–Crippen MR) is 123 cm³/mol. The van der Waals surface area contributed by atoms with Crippen molar-refractivity contribution in [1.82, 2.24) is 4.98 Å². The van der Waals surface area contributed by atoms with Gasteiger partial charge in [-0.25, -0.2) is 17.5 Å². The van der Waals surface area contributed by atoms with Crippen LogP contribution in [0.4, 0.5) is 5.82 Å². The molecule has 0 amide bonds. The third kappa shape index (κ3) is 4.55. The van der Waals surface area contributed by atoms with Gasteiger partial charge in [0, 0.05) is 12.1 Å². The summed E-state index contributed by atoms with van der Waals surface area (Å²) in [6.07, 6.45) is 1.32. The van der Waals surface area contributed by atoms with Crippen molar-refractivity contribution >= 4 is 21.8 Å². The first-order valence-corrected chi connectivity index (χ1v) is 11.7. The molecule has 0 unspecified atom stereocenters. The van der Waals surface area contributed by atoms with Gasteiger partial charge in [-0.2, -0.15) is 4.98 Å². The number of sulfonamides is 1. The fourth-order valence-corrected chi connectivity index (χ4v) is 4.73. The van der Waals surface area contributed by atoms with E-state index in [4.69, 9.17) is 9.15 Å². The number of rotatable bonds is 6. The predicted octanol–water partition coefficient (Wildman–Crippen LogP) is 4.95. The number of hydrogen-bond acceptors (Lipinski definition) is 6. The molecule has 0 aliphatic heterocycles. The summed E-state index contributed by atoms with van der Waals surface area (Å²) in [5, 5.41) is 0. The minimum Gasteiger partial charge on any atom is -0.465 e. The van der Waals surface area contributed by atoms with Crippen LogP contribution >= 0.6 is 0 Å². The Hall–Kier alpha value is -3.13. The van der Waals surface area contributed by atoms with Gasteiger partial charge in [0.1, 0.15) is 6.26 Å². The Bertz CT molecular complexity index is 1220. The molecule has 3 aromatic rings. The molecule has 0 fully saturated rings. The standard InChI is InChI=1S/C24H28N2O5S/c1-7-26(32(28,29)19-13-8-16(2)20(14-19)23(27)30-6)21-15-31-22(25-21)17-9-11-18(12-10-17)24(3,4)5/h8-15H,7H2,1-6H3. The maximum Gasteiger partial charge on any atom is 0.338 e. The van der Waals surface area contributed by atoms with Gasteiger partial charge in [-0.15, -0.1) is 0 Å². The number of carbonyl (C=O) groups excluding carboxylic acids is 1. The first-order chi connectivity index (χ1) is 15.0. The van der Waals surface area contributed by atoms with Crippen LogP contribution in [0.25, 0.3) is 11.5 Å². The zero-order chi connectivity index (χ0) is 23.7. The highest BCUT2D eigenvalue weighted by Gasteiger charge is 2.28. The summed E-state index contributed by atoms with van der Waals surface area (Å²) >= 11 is 0. The lowest BCUT2D eigenvalue weighted by atomic mass is 9.87. The third-order valence-corrected chi connectivity index (χ3v) is 7.11. The van der Waals surface area contributed by atoms with E-state index in [1.807, 2.05) is 24.3 Å². The Kier molecular flexibility index (Phi) is 6.46. The lowest BCUT2D eigenvalue weighted by molar-refractivity contribution is 0.0599. The molecule has 1 aromatic heterocycles. The van der Waals surface area contributed by atoms with Crippen molar-refractivity contribution in [3.63, 3.8) is 0 Å². The number of ether oxygens (including phenoxy) is 1. The minimum atomic E-state index is -3.98. The molecule has 0 aliphatic rings. The Balaban J connectivity index is 1.96. The average Bonchev–Trinajstić information content (AvgIpc) is 3.22. The van der Waals surface area contributed by atoms with Crippen molar-refractivity contribution < 1.29 is 22.4 Å². The molecule has 0 aliphatic carbocycles. The molecule has 2 aromatic carbocycles. The second-order valence-electron chi connectivity index (χ2n) is 8.48. The van der Waals surface area contributed by atoms with E-state index < -0.39 is 16.0 Å². The van der Waals surface area contributed by atoms with Gasteiger partial charge in [-0.3, -0.25) is 0 Å². The normalized spacial score (nSPS) is 11.9. The summed E-state index contributed by atoms with van der Waals surface area (Å²) < 4.78 is 38.2. The Morgan fingerprint density at radius 2 is 1.78 bits per heavy atom. The van der Waals surface area contributed by atoms with Gasteiger partial charge >= 0.3 is 5.97 Å². The van der Waals surface area contributed by atoms with Crippen molar-refractivity contribution in [3.8, 4) is 11.5 Å². The van der Waals surface area contributed by atoms with Gasteiger partial charge in [0.25, 0.3) is 10.0 Å². The number of carbonyl (C=O) groups is 1. The van der Waals surface area contributed by atoms with Crippen molar-refractivity contribution in [2.75, 3.05) is 18.0 Å². The van der Waals surface area contributed by atoms with Gasteiger partial charge < -0.3 is 9.15 Å². The molecule has 0 radical (unpaired) electrons. The van der Waals surface area contributed by atoms with E-state index in [0.29, 0.717) is 11.5 Å². The van der Waals surface area contributed by atoms with Crippen molar-refractivity contribution in [3.05, 3.63) is 65.4 Å². The maximum absolute atomic E-state index is 13.3. The summed E-state index contributed by atoms with van der Waals surface area (Å²) in [5.41, 5.74) is 2.77. The van der Waals surface area contributed by atoms with E-state index in [1.54, 1.807) is 19.9 Å². The SMILES string of the molecule is CCN(c1coc(-c2ccc(C(C)(C)C)cc2)n1)S(=O)(=O)c1ccc(C)c(C(=O)OC)c1. The van der Waals surface area contributed by atoms with Gasteiger partial charge in [-0.1, -0.05) is 39.0 Å². The Morgan fingerprint density at radius 3 is 2.34 bits per heavy atom. The highest BCUT2D eigenvalue weighted by molar-refractivity contribution is 7.92. The molecule has 170 valence electrons. The lowest BCUT2D eigenvalue weighted by Gasteiger charge is -2.20. The molecule has 32 heavy (non-hydrogen) atoms. The first-order valence-electron chi connectivity index (χ1n) is 10.3. The molecule has 8 heteroatoms. The van der Waals surface area contributed by atoms with Crippen LogP contribution in [-0.4, -0.2) is 33.0 Å². The summed E-state index contributed by atoms with van der Waals surface area (Å²) in [7, 11) is -2.72. The number of esters is 1. The molecular formula is C24H28N2O5S. The first kappa shape index (κ1) is 23.5. The van der Waals surface area contributed by atoms with Crippen molar-refractivity contribution in [1.29, 1.82) is 0 Å². The number of benzene rings is 2. The number of methoxy groups -OCH3 is 1. The van der Waals surface area contributed by atoms with Gasteiger partial charge in [0.15, 0.2) is 5.82 Å².